The molecule has 0 atom stereocenters. The van der Waals surface area contributed by atoms with Crippen LogP contribution in [0.4, 0.5) is 0 Å². The van der Waals surface area contributed by atoms with Crippen molar-refractivity contribution >= 4 is 16.8 Å². The average Bonchev–Trinajstić information content (AvgIpc) is 2.41. The smallest absolute Gasteiger partial charge is 0.251 e. The molecule has 19 heavy (non-hydrogen) atoms. The maximum atomic E-state index is 12.0. The summed E-state index contributed by atoms with van der Waals surface area (Å²) in [5.41, 5.74) is 1.54. The van der Waals surface area contributed by atoms with Crippen LogP contribution < -0.4 is 5.32 Å². The third-order valence-corrected chi connectivity index (χ3v) is 3.63. The number of aliphatic hydroxyl groups is 1. The Bertz CT molecular complexity index is 606. The second kappa shape index (κ2) is 4.97. The normalized spacial score (nSPS) is 21.9. The maximum Gasteiger partial charge on any atom is 0.251 e. The van der Waals surface area contributed by atoms with Crippen molar-refractivity contribution in [2.75, 3.05) is 6.54 Å². The Morgan fingerprint density at radius 2 is 2.21 bits per heavy atom. The number of benzene rings is 1. The van der Waals surface area contributed by atoms with Gasteiger partial charge in [-0.1, -0.05) is 6.07 Å². The Balaban J connectivity index is 1.67. The number of nitrogens with one attached hydrogen (secondary N) is 1. The topological polar surface area (TPSA) is 62.2 Å². The summed E-state index contributed by atoms with van der Waals surface area (Å²) < 4.78 is 0. The fourth-order valence-electron chi connectivity index (χ4n) is 2.42. The van der Waals surface area contributed by atoms with Gasteiger partial charge in [-0.3, -0.25) is 9.78 Å². The third-order valence-electron chi connectivity index (χ3n) is 3.63. The molecule has 0 spiro atoms. The molecule has 1 aromatic heterocycles. The molecule has 2 N–H and O–H groups in total. The highest BCUT2D eigenvalue weighted by atomic mass is 16.3. The molecule has 1 aromatic carbocycles. The van der Waals surface area contributed by atoms with Gasteiger partial charge in [0.25, 0.3) is 5.91 Å². The largest absolute Gasteiger partial charge is 0.393 e. The quantitative estimate of drug-likeness (QED) is 0.879. The number of fused-ring (bicyclic) bond motifs is 1. The molecule has 4 nitrogen and oxygen atoms in total. The Morgan fingerprint density at radius 3 is 3.00 bits per heavy atom. The molecule has 4 heteroatoms. The van der Waals surface area contributed by atoms with Gasteiger partial charge in [-0.15, -0.1) is 0 Å². The number of aliphatic hydroxyl groups excluding tert-OH is 1. The summed E-state index contributed by atoms with van der Waals surface area (Å²) in [5.74, 6) is 0.355. The Kier molecular flexibility index (Phi) is 3.17. The van der Waals surface area contributed by atoms with Gasteiger partial charge in [0.1, 0.15) is 0 Å². The minimum atomic E-state index is -0.173. The van der Waals surface area contributed by atoms with Crippen LogP contribution in [0.25, 0.3) is 10.9 Å². The molecule has 0 saturated heterocycles. The Hall–Kier alpha value is -1.94. The third kappa shape index (κ3) is 2.58. The molecular formula is C15H16N2O2. The zero-order valence-electron chi connectivity index (χ0n) is 10.5. The van der Waals surface area contributed by atoms with Gasteiger partial charge in [0, 0.05) is 23.7 Å². The zero-order valence-corrected chi connectivity index (χ0v) is 10.5. The van der Waals surface area contributed by atoms with E-state index in [1.807, 2.05) is 24.3 Å². The van der Waals surface area contributed by atoms with E-state index in [2.05, 4.69) is 10.3 Å². The SMILES string of the molecule is O=C(NCC1CC(O)C1)c1ccc2ncccc2c1. The standard InChI is InChI=1S/C15H16N2O2/c18-13-6-10(7-13)9-17-15(19)12-3-4-14-11(8-12)2-1-5-16-14/h1-5,8,10,13,18H,6-7,9H2,(H,17,19). The number of rotatable bonds is 3. The highest BCUT2D eigenvalue weighted by molar-refractivity contribution is 5.97. The number of hydrogen-bond acceptors (Lipinski definition) is 3. The van der Waals surface area contributed by atoms with Gasteiger partial charge in [-0.2, -0.15) is 0 Å². The fourth-order valence-corrected chi connectivity index (χ4v) is 2.42. The number of carbonyl (C=O) groups is 1. The first-order valence-corrected chi connectivity index (χ1v) is 6.53. The summed E-state index contributed by atoms with van der Waals surface area (Å²) >= 11 is 0. The number of pyridine rings is 1. The molecule has 1 saturated carbocycles. The van der Waals surface area contributed by atoms with E-state index in [0.717, 1.165) is 23.7 Å². The molecule has 0 radical (unpaired) electrons. The summed E-state index contributed by atoms with van der Waals surface area (Å²) in [4.78, 5) is 16.2. The van der Waals surface area contributed by atoms with Gasteiger partial charge >= 0.3 is 0 Å². The van der Waals surface area contributed by atoms with Gasteiger partial charge in [0.05, 0.1) is 11.6 Å². The van der Waals surface area contributed by atoms with E-state index in [1.54, 1.807) is 12.3 Å². The lowest BCUT2D eigenvalue weighted by molar-refractivity contribution is 0.0420. The molecule has 3 rings (SSSR count). The van der Waals surface area contributed by atoms with Crippen molar-refractivity contribution in [1.82, 2.24) is 10.3 Å². The minimum absolute atomic E-state index is 0.0628. The van der Waals surface area contributed by atoms with Crippen LogP contribution in [-0.4, -0.2) is 28.6 Å². The molecule has 1 amide bonds. The number of carbonyl (C=O) groups excluding carboxylic acids is 1. The van der Waals surface area contributed by atoms with Crippen LogP contribution in [0.2, 0.25) is 0 Å². The van der Waals surface area contributed by atoms with Crippen molar-refractivity contribution in [3.63, 3.8) is 0 Å². The molecule has 98 valence electrons. The van der Waals surface area contributed by atoms with E-state index in [0.29, 0.717) is 18.0 Å². The number of aromatic nitrogens is 1. The number of nitrogens with zero attached hydrogens (tertiary/aromatic N) is 1. The molecule has 1 aliphatic carbocycles. The van der Waals surface area contributed by atoms with Crippen molar-refractivity contribution in [3.05, 3.63) is 42.1 Å². The predicted octanol–water partition coefficient (Wildman–Crippen LogP) is 1.74. The van der Waals surface area contributed by atoms with Crippen molar-refractivity contribution < 1.29 is 9.90 Å². The zero-order chi connectivity index (χ0) is 13.2. The highest BCUT2D eigenvalue weighted by Crippen LogP contribution is 2.26. The summed E-state index contributed by atoms with van der Waals surface area (Å²) in [5, 5.41) is 13.1. The van der Waals surface area contributed by atoms with Crippen LogP contribution in [0.3, 0.4) is 0 Å². The first-order valence-electron chi connectivity index (χ1n) is 6.53. The van der Waals surface area contributed by atoms with Crippen molar-refractivity contribution in [3.8, 4) is 0 Å². The lowest BCUT2D eigenvalue weighted by atomic mass is 9.82. The van der Waals surface area contributed by atoms with Crippen LogP contribution in [0.5, 0.6) is 0 Å². The molecule has 1 aliphatic rings. The molecule has 1 fully saturated rings. The summed E-state index contributed by atoms with van der Waals surface area (Å²) in [6.45, 7) is 0.640. The van der Waals surface area contributed by atoms with E-state index >= 15 is 0 Å². The van der Waals surface area contributed by atoms with Crippen LogP contribution in [0, 0.1) is 5.92 Å². The monoisotopic (exact) mass is 256 g/mol. The molecule has 0 bridgehead atoms. The van der Waals surface area contributed by atoms with Crippen LogP contribution >= 0.6 is 0 Å². The van der Waals surface area contributed by atoms with E-state index in [4.69, 9.17) is 0 Å². The second-order valence-electron chi connectivity index (χ2n) is 5.11. The molecule has 0 unspecified atom stereocenters. The van der Waals surface area contributed by atoms with Crippen LogP contribution in [0.15, 0.2) is 36.5 Å². The summed E-state index contributed by atoms with van der Waals surface area (Å²) in [7, 11) is 0. The van der Waals surface area contributed by atoms with Crippen molar-refractivity contribution in [2.24, 2.45) is 5.92 Å². The Morgan fingerprint density at radius 1 is 1.37 bits per heavy atom. The fraction of sp³-hybridized carbons (Fsp3) is 0.333. The molecule has 0 aliphatic heterocycles. The minimum Gasteiger partial charge on any atom is -0.393 e. The van der Waals surface area contributed by atoms with Gasteiger partial charge in [0.2, 0.25) is 0 Å². The summed E-state index contributed by atoms with van der Waals surface area (Å²) in [6, 6.07) is 9.31. The number of amides is 1. The first kappa shape index (κ1) is 12.1. The van der Waals surface area contributed by atoms with Crippen molar-refractivity contribution in [1.29, 1.82) is 0 Å². The lowest BCUT2D eigenvalue weighted by Crippen LogP contribution is -2.38. The Labute approximate surface area is 111 Å². The maximum absolute atomic E-state index is 12.0. The van der Waals surface area contributed by atoms with E-state index in [-0.39, 0.29) is 12.0 Å². The average molecular weight is 256 g/mol. The van der Waals surface area contributed by atoms with Gasteiger partial charge in [0.15, 0.2) is 0 Å². The number of hydrogen-bond donors (Lipinski definition) is 2. The van der Waals surface area contributed by atoms with Gasteiger partial charge < -0.3 is 10.4 Å². The first-order chi connectivity index (χ1) is 9.22. The molecular weight excluding hydrogens is 240 g/mol. The van der Waals surface area contributed by atoms with Crippen LogP contribution in [0.1, 0.15) is 23.2 Å². The molecule has 2 aromatic rings. The predicted molar refractivity (Wildman–Crippen MR) is 72.8 cm³/mol. The van der Waals surface area contributed by atoms with Crippen molar-refractivity contribution in [2.45, 2.75) is 18.9 Å². The highest BCUT2D eigenvalue weighted by Gasteiger charge is 2.27. The molecule has 1 heterocycles. The van der Waals surface area contributed by atoms with E-state index in [9.17, 15) is 9.90 Å². The van der Waals surface area contributed by atoms with Gasteiger partial charge in [-0.05, 0) is 43.0 Å². The second-order valence-corrected chi connectivity index (χ2v) is 5.11. The van der Waals surface area contributed by atoms with Gasteiger partial charge in [-0.25, -0.2) is 0 Å². The van der Waals surface area contributed by atoms with E-state index < -0.39 is 0 Å². The summed E-state index contributed by atoms with van der Waals surface area (Å²) in [6.07, 6.45) is 3.15. The van der Waals surface area contributed by atoms with E-state index in [1.165, 1.54) is 0 Å². The van der Waals surface area contributed by atoms with Crippen LogP contribution in [-0.2, 0) is 0 Å². The lowest BCUT2D eigenvalue weighted by Gasteiger charge is -2.31.